The Morgan fingerprint density at radius 1 is 1.58 bits per heavy atom. The van der Waals surface area contributed by atoms with Gasteiger partial charge in [-0.25, -0.2) is 0 Å². The first kappa shape index (κ1) is 9.71. The SMILES string of the molecule is CC1=CC(C)OC(CO)(CO)C1. The average Bonchev–Trinajstić information content (AvgIpc) is 2.02. The van der Waals surface area contributed by atoms with Crippen LogP contribution >= 0.6 is 0 Å². The van der Waals surface area contributed by atoms with E-state index in [1.165, 1.54) is 0 Å². The highest BCUT2D eigenvalue weighted by molar-refractivity contribution is 5.11. The standard InChI is InChI=1S/C9H16O3/c1-7-3-8(2)12-9(4-7,5-10)6-11/h3,8,10-11H,4-6H2,1-2H3. The van der Waals surface area contributed by atoms with E-state index in [1.807, 2.05) is 19.9 Å². The van der Waals surface area contributed by atoms with Crippen molar-refractivity contribution in [1.82, 2.24) is 0 Å². The van der Waals surface area contributed by atoms with Crippen molar-refractivity contribution < 1.29 is 14.9 Å². The number of hydrogen-bond acceptors (Lipinski definition) is 3. The number of hydrogen-bond donors (Lipinski definition) is 2. The number of aliphatic hydroxyl groups excluding tert-OH is 2. The van der Waals surface area contributed by atoms with Gasteiger partial charge in [-0.1, -0.05) is 11.6 Å². The molecule has 0 fully saturated rings. The van der Waals surface area contributed by atoms with Gasteiger partial charge in [0, 0.05) is 6.42 Å². The van der Waals surface area contributed by atoms with E-state index < -0.39 is 5.60 Å². The van der Waals surface area contributed by atoms with Crippen molar-refractivity contribution in [3.63, 3.8) is 0 Å². The summed E-state index contributed by atoms with van der Waals surface area (Å²) in [6, 6.07) is 0. The smallest absolute Gasteiger partial charge is 0.118 e. The molecule has 0 spiro atoms. The number of rotatable bonds is 2. The van der Waals surface area contributed by atoms with Crippen LogP contribution in [0.4, 0.5) is 0 Å². The molecule has 1 atom stereocenters. The van der Waals surface area contributed by atoms with Gasteiger partial charge in [-0.3, -0.25) is 0 Å². The molecule has 1 rings (SSSR count). The van der Waals surface area contributed by atoms with Gasteiger partial charge in [-0.15, -0.1) is 0 Å². The Bertz CT molecular complexity index is 182. The van der Waals surface area contributed by atoms with Gasteiger partial charge in [0.2, 0.25) is 0 Å². The molecule has 0 aromatic carbocycles. The first-order valence-corrected chi connectivity index (χ1v) is 4.19. The van der Waals surface area contributed by atoms with E-state index in [4.69, 9.17) is 14.9 Å². The third kappa shape index (κ3) is 1.86. The summed E-state index contributed by atoms with van der Waals surface area (Å²) < 4.78 is 5.47. The maximum atomic E-state index is 9.06. The predicted octanol–water partition coefficient (Wildman–Crippen LogP) is 0.465. The first-order valence-electron chi connectivity index (χ1n) is 4.19. The topological polar surface area (TPSA) is 49.7 Å². The van der Waals surface area contributed by atoms with Crippen molar-refractivity contribution in [2.75, 3.05) is 13.2 Å². The Kier molecular flexibility index (Phi) is 2.88. The average molecular weight is 172 g/mol. The van der Waals surface area contributed by atoms with E-state index >= 15 is 0 Å². The third-order valence-electron chi connectivity index (χ3n) is 2.13. The molecule has 0 bridgehead atoms. The maximum Gasteiger partial charge on any atom is 0.118 e. The van der Waals surface area contributed by atoms with Gasteiger partial charge in [0.1, 0.15) is 5.60 Å². The Morgan fingerprint density at radius 3 is 2.58 bits per heavy atom. The van der Waals surface area contributed by atoms with Gasteiger partial charge in [0.15, 0.2) is 0 Å². The van der Waals surface area contributed by atoms with Crippen LogP contribution in [0.5, 0.6) is 0 Å². The highest BCUT2D eigenvalue weighted by atomic mass is 16.5. The summed E-state index contributed by atoms with van der Waals surface area (Å²) in [5.41, 5.74) is 0.412. The second kappa shape index (κ2) is 3.56. The Hall–Kier alpha value is -0.380. The first-order chi connectivity index (χ1) is 5.62. The van der Waals surface area contributed by atoms with Gasteiger partial charge < -0.3 is 14.9 Å². The minimum atomic E-state index is -0.752. The third-order valence-corrected chi connectivity index (χ3v) is 2.13. The summed E-state index contributed by atoms with van der Waals surface area (Å²) in [5, 5.41) is 18.1. The predicted molar refractivity (Wildman–Crippen MR) is 45.8 cm³/mol. The van der Waals surface area contributed by atoms with Crippen molar-refractivity contribution in [3.8, 4) is 0 Å². The highest BCUT2D eigenvalue weighted by Crippen LogP contribution is 2.27. The van der Waals surface area contributed by atoms with Crippen molar-refractivity contribution in [2.45, 2.75) is 32.0 Å². The molecule has 1 unspecified atom stereocenters. The summed E-state index contributed by atoms with van der Waals surface area (Å²) in [6.07, 6.45) is 2.60. The van der Waals surface area contributed by atoms with Gasteiger partial charge >= 0.3 is 0 Å². The Balaban J connectivity index is 2.75. The van der Waals surface area contributed by atoms with Crippen LogP contribution < -0.4 is 0 Å². The zero-order valence-corrected chi connectivity index (χ0v) is 7.58. The molecule has 12 heavy (non-hydrogen) atoms. The van der Waals surface area contributed by atoms with Crippen LogP contribution in [0.1, 0.15) is 20.3 Å². The van der Waals surface area contributed by atoms with Crippen molar-refractivity contribution in [1.29, 1.82) is 0 Å². The lowest BCUT2D eigenvalue weighted by atomic mass is 9.93. The lowest BCUT2D eigenvalue weighted by molar-refractivity contribution is -0.131. The van der Waals surface area contributed by atoms with Crippen LogP contribution in [0.15, 0.2) is 11.6 Å². The molecule has 2 N–H and O–H groups in total. The maximum absolute atomic E-state index is 9.06. The Labute approximate surface area is 72.7 Å². The van der Waals surface area contributed by atoms with Gasteiger partial charge in [0.05, 0.1) is 19.3 Å². The molecule has 3 nitrogen and oxygen atoms in total. The van der Waals surface area contributed by atoms with Crippen molar-refractivity contribution in [3.05, 3.63) is 11.6 Å². The quantitative estimate of drug-likeness (QED) is 0.595. The summed E-state index contributed by atoms with van der Waals surface area (Å²) in [7, 11) is 0. The fourth-order valence-electron chi connectivity index (χ4n) is 1.67. The van der Waals surface area contributed by atoms with Crippen LogP contribution in [0.2, 0.25) is 0 Å². The molecule has 70 valence electrons. The van der Waals surface area contributed by atoms with Crippen LogP contribution in [-0.2, 0) is 4.74 Å². The largest absolute Gasteiger partial charge is 0.393 e. The lowest BCUT2D eigenvalue weighted by Gasteiger charge is -2.36. The molecule has 3 heteroatoms. The molecule has 0 aliphatic carbocycles. The molecular weight excluding hydrogens is 156 g/mol. The zero-order chi connectivity index (χ0) is 9.19. The summed E-state index contributed by atoms with van der Waals surface area (Å²) >= 11 is 0. The van der Waals surface area contributed by atoms with E-state index in [2.05, 4.69) is 0 Å². The molecule has 0 aromatic heterocycles. The molecule has 0 saturated heterocycles. The molecular formula is C9H16O3. The van der Waals surface area contributed by atoms with Gasteiger partial charge in [-0.05, 0) is 13.8 Å². The van der Waals surface area contributed by atoms with E-state index in [0.717, 1.165) is 5.57 Å². The van der Waals surface area contributed by atoms with Gasteiger partial charge in [-0.2, -0.15) is 0 Å². The van der Waals surface area contributed by atoms with Crippen LogP contribution in [0.25, 0.3) is 0 Å². The normalized spacial score (nSPS) is 28.3. The molecule has 1 aliphatic heterocycles. The zero-order valence-electron chi connectivity index (χ0n) is 7.58. The molecule has 1 aliphatic rings. The van der Waals surface area contributed by atoms with Crippen LogP contribution in [-0.4, -0.2) is 35.1 Å². The summed E-state index contributed by atoms with van der Waals surface area (Å²) in [6.45, 7) is 3.64. The molecule has 1 heterocycles. The molecule has 0 saturated carbocycles. The second-order valence-electron chi connectivity index (χ2n) is 3.51. The van der Waals surface area contributed by atoms with Crippen LogP contribution in [0.3, 0.4) is 0 Å². The van der Waals surface area contributed by atoms with Crippen LogP contribution in [0, 0.1) is 0 Å². The van der Waals surface area contributed by atoms with E-state index in [0.29, 0.717) is 6.42 Å². The minimum Gasteiger partial charge on any atom is -0.393 e. The monoisotopic (exact) mass is 172 g/mol. The summed E-state index contributed by atoms with van der Waals surface area (Å²) in [4.78, 5) is 0. The van der Waals surface area contributed by atoms with Gasteiger partial charge in [0.25, 0.3) is 0 Å². The fraction of sp³-hybridized carbons (Fsp3) is 0.778. The molecule has 0 amide bonds. The number of ether oxygens (including phenoxy) is 1. The lowest BCUT2D eigenvalue weighted by Crippen LogP contribution is -2.45. The Morgan fingerprint density at radius 2 is 2.17 bits per heavy atom. The van der Waals surface area contributed by atoms with E-state index in [-0.39, 0.29) is 19.3 Å². The minimum absolute atomic E-state index is 0.0157. The van der Waals surface area contributed by atoms with E-state index in [1.54, 1.807) is 0 Å². The van der Waals surface area contributed by atoms with Crippen molar-refractivity contribution >= 4 is 0 Å². The van der Waals surface area contributed by atoms with Crippen molar-refractivity contribution in [2.24, 2.45) is 0 Å². The molecule has 0 aromatic rings. The second-order valence-corrected chi connectivity index (χ2v) is 3.51. The number of aliphatic hydroxyl groups is 2. The van der Waals surface area contributed by atoms with E-state index in [9.17, 15) is 0 Å². The fourth-order valence-corrected chi connectivity index (χ4v) is 1.67. The highest BCUT2D eigenvalue weighted by Gasteiger charge is 2.34. The summed E-state index contributed by atoms with van der Waals surface area (Å²) in [5.74, 6) is 0. The molecule has 0 radical (unpaired) electrons.